The second-order valence-corrected chi connectivity index (χ2v) is 5.97. The number of H-pyrrole nitrogens is 1. The molecule has 0 saturated heterocycles. The molecule has 0 bridgehead atoms. The van der Waals surface area contributed by atoms with Crippen LogP contribution < -0.4 is 10.6 Å². The predicted molar refractivity (Wildman–Crippen MR) is 105 cm³/mol. The first-order valence-electron chi connectivity index (χ1n) is 8.51. The van der Waals surface area contributed by atoms with Gasteiger partial charge in [0.1, 0.15) is 11.2 Å². The molecule has 0 spiro atoms. The Bertz CT molecular complexity index is 1070. The van der Waals surface area contributed by atoms with Gasteiger partial charge in [-0.15, -0.1) is 0 Å². The van der Waals surface area contributed by atoms with Crippen LogP contribution in [0, 0.1) is 10.1 Å². The lowest BCUT2D eigenvalue weighted by molar-refractivity contribution is -0.383. The molecule has 9 heteroatoms. The number of anilines is 3. The number of nitro benzene ring substituents is 1. The van der Waals surface area contributed by atoms with Gasteiger partial charge in [0.05, 0.1) is 11.5 Å². The van der Waals surface area contributed by atoms with Gasteiger partial charge >= 0.3 is 5.97 Å². The molecule has 1 heterocycles. The first-order valence-corrected chi connectivity index (χ1v) is 8.51. The molecule has 3 rings (SSSR count). The monoisotopic (exact) mass is 382 g/mol. The fourth-order valence-electron chi connectivity index (χ4n) is 2.82. The minimum atomic E-state index is -0.591. The third-order valence-corrected chi connectivity index (χ3v) is 3.93. The number of nitrogens with one attached hydrogen (secondary N) is 3. The second kappa shape index (κ2) is 7.78. The number of aromatic nitrogens is 1. The molecule has 0 aliphatic heterocycles. The Labute approximate surface area is 159 Å². The van der Waals surface area contributed by atoms with E-state index in [9.17, 15) is 19.7 Å². The summed E-state index contributed by atoms with van der Waals surface area (Å²) < 4.78 is 4.97. The first kappa shape index (κ1) is 18.9. The van der Waals surface area contributed by atoms with E-state index in [1.54, 1.807) is 37.3 Å². The third-order valence-electron chi connectivity index (χ3n) is 3.93. The predicted octanol–water partition coefficient (Wildman–Crippen LogP) is 3.95. The lowest BCUT2D eigenvalue weighted by atomic mass is 10.1. The molecule has 9 nitrogen and oxygen atoms in total. The highest BCUT2D eigenvalue weighted by atomic mass is 16.6. The van der Waals surface area contributed by atoms with Gasteiger partial charge in [-0.1, -0.05) is 6.07 Å². The van der Waals surface area contributed by atoms with E-state index in [0.717, 1.165) is 0 Å². The SMILES string of the molecule is CCOC(=O)c1cc2c(Nc3cccc(NC(C)=O)c3)ccc([N+](=O)[O-])c2[nH]1. The summed E-state index contributed by atoms with van der Waals surface area (Å²) in [6, 6.07) is 11.5. The molecule has 0 saturated carbocycles. The zero-order chi connectivity index (χ0) is 20.3. The molecule has 0 fully saturated rings. The van der Waals surface area contributed by atoms with E-state index >= 15 is 0 Å². The molecule has 1 amide bonds. The summed E-state index contributed by atoms with van der Waals surface area (Å²) in [7, 11) is 0. The number of non-ortho nitro benzene ring substituents is 1. The van der Waals surface area contributed by atoms with E-state index in [2.05, 4.69) is 15.6 Å². The minimum absolute atomic E-state index is 0.126. The topological polar surface area (TPSA) is 126 Å². The highest BCUT2D eigenvalue weighted by molar-refractivity contribution is 6.04. The van der Waals surface area contributed by atoms with Crippen molar-refractivity contribution < 1.29 is 19.2 Å². The van der Waals surface area contributed by atoms with Crippen LogP contribution in [0.25, 0.3) is 10.9 Å². The van der Waals surface area contributed by atoms with Gasteiger partial charge in [-0.3, -0.25) is 14.9 Å². The normalized spacial score (nSPS) is 10.5. The zero-order valence-electron chi connectivity index (χ0n) is 15.2. The fourth-order valence-corrected chi connectivity index (χ4v) is 2.82. The summed E-state index contributed by atoms with van der Waals surface area (Å²) in [5, 5.41) is 17.7. The van der Waals surface area contributed by atoms with Crippen LogP contribution in [0.5, 0.6) is 0 Å². The maximum absolute atomic E-state index is 12.0. The van der Waals surface area contributed by atoms with E-state index < -0.39 is 10.9 Å². The number of ether oxygens (including phenoxy) is 1. The number of amides is 1. The van der Waals surface area contributed by atoms with Crippen LogP contribution in [-0.4, -0.2) is 28.4 Å². The Kier molecular flexibility index (Phi) is 5.25. The van der Waals surface area contributed by atoms with Gasteiger partial charge in [-0.05, 0) is 37.3 Å². The molecule has 0 radical (unpaired) electrons. The Morgan fingerprint density at radius 2 is 1.93 bits per heavy atom. The molecule has 1 aromatic heterocycles. The zero-order valence-corrected chi connectivity index (χ0v) is 15.2. The third kappa shape index (κ3) is 3.93. The number of carbonyl (C=O) groups is 2. The number of hydrogen-bond acceptors (Lipinski definition) is 6. The Hall–Kier alpha value is -3.88. The molecular formula is C19H18N4O5. The minimum Gasteiger partial charge on any atom is -0.461 e. The molecular weight excluding hydrogens is 364 g/mol. The Morgan fingerprint density at radius 1 is 1.18 bits per heavy atom. The number of rotatable bonds is 6. The number of hydrogen-bond donors (Lipinski definition) is 3. The van der Waals surface area contributed by atoms with Crippen LogP contribution in [0.1, 0.15) is 24.3 Å². The summed E-state index contributed by atoms with van der Waals surface area (Å²) >= 11 is 0. The van der Waals surface area contributed by atoms with Gasteiger partial charge in [0, 0.05) is 35.4 Å². The maximum atomic E-state index is 12.0. The molecule has 28 heavy (non-hydrogen) atoms. The van der Waals surface area contributed by atoms with Crippen molar-refractivity contribution in [3.05, 3.63) is 58.3 Å². The van der Waals surface area contributed by atoms with Crippen LogP contribution >= 0.6 is 0 Å². The molecule has 3 aromatic rings. The number of carbonyl (C=O) groups excluding carboxylic acids is 2. The lowest BCUT2D eigenvalue weighted by Crippen LogP contribution is -2.05. The molecule has 3 N–H and O–H groups in total. The summed E-state index contributed by atoms with van der Waals surface area (Å²) in [4.78, 5) is 36.9. The van der Waals surface area contributed by atoms with Crippen molar-refractivity contribution in [3.63, 3.8) is 0 Å². The highest BCUT2D eigenvalue weighted by Crippen LogP contribution is 2.34. The van der Waals surface area contributed by atoms with E-state index in [-0.39, 0.29) is 29.4 Å². The molecule has 2 aromatic carbocycles. The summed E-state index contributed by atoms with van der Waals surface area (Å²) in [5.41, 5.74) is 2.03. The maximum Gasteiger partial charge on any atom is 0.354 e. The highest BCUT2D eigenvalue weighted by Gasteiger charge is 2.20. The number of benzene rings is 2. The first-order chi connectivity index (χ1) is 13.4. The van der Waals surface area contributed by atoms with Crippen molar-refractivity contribution in [2.24, 2.45) is 0 Å². The molecule has 0 aliphatic carbocycles. The van der Waals surface area contributed by atoms with E-state index in [4.69, 9.17) is 4.74 Å². The Balaban J connectivity index is 2.04. The summed E-state index contributed by atoms with van der Waals surface area (Å²) in [6.45, 7) is 3.28. The Morgan fingerprint density at radius 3 is 2.61 bits per heavy atom. The van der Waals surface area contributed by atoms with Crippen LogP contribution in [0.4, 0.5) is 22.7 Å². The average Bonchev–Trinajstić information content (AvgIpc) is 3.07. The molecule has 0 atom stereocenters. The van der Waals surface area contributed by atoms with Gasteiger partial charge in [-0.25, -0.2) is 4.79 Å². The van der Waals surface area contributed by atoms with Crippen LogP contribution in [-0.2, 0) is 9.53 Å². The van der Waals surface area contributed by atoms with Crippen molar-refractivity contribution in [2.45, 2.75) is 13.8 Å². The standard InChI is InChI=1S/C19H18N4O5/c1-3-28-19(25)16-10-14-15(7-8-17(23(26)27)18(14)22-16)21-13-6-4-5-12(9-13)20-11(2)24/h4-10,21-22H,3H2,1-2H3,(H,20,24). The van der Waals surface area contributed by atoms with E-state index in [1.807, 2.05) is 0 Å². The second-order valence-electron chi connectivity index (χ2n) is 5.97. The van der Waals surface area contributed by atoms with Gasteiger partial charge < -0.3 is 20.4 Å². The van der Waals surface area contributed by atoms with Crippen molar-refractivity contribution >= 4 is 45.5 Å². The van der Waals surface area contributed by atoms with Gasteiger partial charge in [0.2, 0.25) is 5.91 Å². The van der Waals surface area contributed by atoms with Crippen molar-refractivity contribution in [1.82, 2.24) is 4.98 Å². The summed E-state index contributed by atoms with van der Waals surface area (Å²) in [6.07, 6.45) is 0. The largest absolute Gasteiger partial charge is 0.461 e. The van der Waals surface area contributed by atoms with Crippen LogP contribution in [0.2, 0.25) is 0 Å². The average molecular weight is 382 g/mol. The van der Waals surface area contributed by atoms with Gasteiger partial charge in [-0.2, -0.15) is 0 Å². The van der Waals surface area contributed by atoms with Crippen molar-refractivity contribution in [1.29, 1.82) is 0 Å². The lowest BCUT2D eigenvalue weighted by Gasteiger charge is -2.10. The van der Waals surface area contributed by atoms with E-state index in [0.29, 0.717) is 22.4 Å². The number of nitrogens with zero attached hydrogens (tertiary/aromatic N) is 1. The fraction of sp³-hybridized carbons (Fsp3) is 0.158. The molecule has 0 unspecified atom stereocenters. The van der Waals surface area contributed by atoms with Crippen LogP contribution in [0.3, 0.4) is 0 Å². The number of aromatic amines is 1. The quantitative estimate of drug-likeness (QED) is 0.336. The number of fused-ring (bicyclic) bond motifs is 1. The van der Waals surface area contributed by atoms with Gasteiger partial charge in [0.25, 0.3) is 5.69 Å². The van der Waals surface area contributed by atoms with Crippen molar-refractivity contribution in [2.75, 3.05) is 17.2 Å². The molecule has 144 valence electrons. The smallest absolute Gasteiger partial charge is 0.354 e. The van der Waals surface area contributed by atoms with E-state index in [1.165, 1.54) is 19.1 Å². The van der Waals surface area contributed by atoms with Crippen LogP contribution in [0.15, 0.2) is 42.5 Å². The number of esters is 1. The van der Waals surface area contributed by atoms with Crippen molar-refractivity contribution in [3.8, 4) is 0 Å². The summed E-state index contributed by atoms with van der Waals surface area (Å²) in [5.74, 6) is -0.786. The molecule has 0 aliphatic rings. The van der Waals surface area contributed by atoms with Gasteiger partial charge in [0.15, 0.2) is 0 Å². The number of nitro groups is 1.